The van der Waals surface area contributed by atoms with Gasteiger partial charge in [0.05, 0.1) is 5.54 Å². The summed E-state index contributed by atoms with van der Waals surface area (Å²) in [6, 6.07) is 5.37. The van der Waals surface area contributed by atoms with Gasteiger partial charge < -0.3 is 5.73 Å². The summed E-state index contributed by atoms with van der Waals surface area (Å²) >= 11 is 0. The monoisotopic (exact) mass is 204 g/mol. The van der Waals surface area contributed by atoms with E-state index >= 15 is 0 Å². The molecule has 3 heteroatoms. The molecule has 0 radical (unpaired) electrons. The average molecular weight is 204 g/mol. The van der Waals surface area contributed by atoms with Crippen molar-refractivity contribution in [2.24, 2.45) is 5.73 Å². The van der Waals surface area contributed by atoms with Crippen LogP contribution >= 0.6 is 0 Å². The second-order valence-electron chi connectivity index (χ2n) is 4.26. The van der Waals surface area contributed by atoms with Crippen LogP contribution < -0.4 is 5.73 Å². The molecule has 2 N–H and O–H groups in total. The molecular weight excluding hydrogens is 188 g/mol. The van der Waals surface area contributed by atoms with Gasteiger partial charge in [0, 0.05) is 6.20 Å². The summed E-state index contributed by atoms with van der Waals surface area (Å²) < 4.78 is 0. The number of rotatable bonds is 2. The van der Waals surface area contributed by atoms with Crippen LogP contribution in [0.4, 0.5) is 0 Å². The standard InChI is InChI=1S/C12H16N2O/c13-12(7-3-1-4-8-12)11(15)10-6-2-5-9-14-10/h2,5-6,9H,1,3-4,7-8,13H2. The Bertz CT molecular complexity index is 342. The first kappa shape index (κ1) is 10.3. The van der Waals surface area contributed by atoms with E-state index in [2.05, 4.69) is 4.98 Å². The van der Waals surface area contributed by atoms with Gasteiger partial charge in [0.1, 0.15) is 5.69 Å². The van der Waals surface area contributed by atoms with E-state index in [0.717, 1.165) is 25.7 Å². The molecule has 1 heterocycles. The van der Waals surface area contributed by atoms with Gasteiger partial charge in [-0.25, -0.2) is 0 Å². The average Bonchev–Trinajstić information content (AvgIpc) is 2.30. The van der Waals surface area contributed by atoms with Gasteiger partial charge in [-0.3, -0.25) is 9.78 Å². The summed E-state index contributed by atoms with van der Waals surface area (Å²) in [5.41, 5.74) is 5.99. The van der Waals surface area contributed by atoms with Gasteiger partial charge in [-0.1, -0.05) is 25.3 Å². The minimum atomic E-state index is -0.660. The highest BCUT2D eigenvalue weighted by Crippen LogP contribution is 2.28. The van der Waals surface area contributed by atoms with Crippen molar-refractivity contribution in [1.29, 1.82) is 0 Å². The predicted molar refractivity (Wildman–Crippen MR) is 58.6 cm³/mol. The largest absolute Gasteiger partial charge is 0.319 e. The minimum absolute atomic E-state index is 0.00259. The summed E-state index contributed by atoms with van der Waals surface area (Å²) in [4.78, 5) is 16.2. The number of nitrogens with two attached hydrogens (primary N) is 1. The molecule has 0 aliphatic heterocycles. The van der Waals surface area contributed by atoms with Crippen molar-refractivity contribution >= 4 is 5.78 Å². The summed E-state index contributed by atoms with van der Waals surface area (Å²) in [6.45, 7) is 0. The Morgan fingerprint density at radius 1 is 1.27 bits per heavy atom. The summed E-state index contributed by atoms with van der Waals surface area (Å²) in [6.07, 6.45) is 6.52. The van der Waals surface area contributed by atoms with Gasteiger partial charge in [-0.2, -0.15) is 0 Å². The molecular formula is C12H16N2O. The Morgan fingerprint density at radius 2 is 2.00 bits per heavy atom. The van der Waals surface area contributed by atoms with Crippen LogP contribution in [0.1, 0.15) is 42.6 Å². The minimum Gasteiger partial charge on any atom is -0.319 e. The highest BCUT2D eigenvalue weighted by Gasteiger charge is 2.36. The van der Waals surface area contributed by atoms with E-state index < -0.39 is 5.54 Å². The lowest BCUT2D eigenvalue weighted by atomic mass is 9.78. The van der Waals surface area contributed by atoms with Gasteiger partial charge in [-0.15, -0.1) is 0 Å². The van der Waals surface area contributed by atoms with Crippen LogP contribution in [0.3, 0.4) is 0 Å². The number of carbonyl (C=O) groups is 1. The third kappa shape index (κ3) is 2.07. The fourth-order valence-electron chi connectivity index (χ4n) is 2.16. The van der Waals surface area contributed by atoms with Crippen molar-refractivity contribution in [2.75, 3.05) is 0 Å². The Balaban J connectivity index is 2.20. The molecule has 1 fully saturated rings. The van der Waals surface area contributed by atoms with Crippen LogP contribution in [-0.4, -0.2) is 16.3 Å². The molecule has 0 spiro atoms. The quantitative estimate of drug-likeness (QED) is 0.749. The van der Waals surface area contributed by atoms with Crippen molar-refractivity contribution < 1.29 is 4.79 Å². The van der Waals surface area contributed by atoms with E-state index in [-0.39, 0.29) is 5.78 Å². The number of nitrogens with zero attached hydrogens (tertiary/aromatic N) is 1. The summed E-state index contributed by atoms with van der Waals surface area (Å²) in [5.74, 6) is 0.00259. The molecule has 1 aliphatic carbocycles. The Labute approximate surface area is 89.7 Å². The van der Waals surface area contributed by atoms with Gasteiger partial charge in [-0.05, 0) is 25.0 Å². The third-order valence-corrected chi connectivity index (χ3v) is 3.10. The van der Waals surface area contributed by atoms with Crippen molar-refractivity contribution in [3.63, 3.8) is 0 Å². The number of ketones is 1. The first-order chi connectivity index (χ1) is 7.22. The predicted octanol–water partition coefficient (Wildman–Crippen LogP) is 1.93. The molecule has 15 heavy (non-hydrogen) atoms. The second kappa shape index (κ2) is 4.11. The zero-order chi connectivity index (χ0) is 10.7. The molecule has 1 aromatic rings. The molecule has 0 atom stereocenters. The zero-order valence-corrected chi connectivity index (χ0v) is 8.78. The number of hydrogen-bond acceptors (Lipinski definition) is 3. The molecule has 0 saturated heterocycles. The molecule has 1 saturated carbocycles. The summed E-state index contributed by atoms with van der Waals surface area (Å²) in [7, 11) is 0. The van der Waals surface area contributed by atoms with Crippen LogP contribution in [-0.2, 0) is 0 Å². The zero-order valence-electron chi connectivity index (χ0n) is 8.78. The molecule has 0 aromatic carbocycles. The van der Waals surface area contributed by atoms with Gasteiger partial charge in [0.15, 0.2) is 0 Å². The molecule has 80 valence electrons. The second-order valence-corrected chi connectivity index (χ2v) is 4.26. The Kier molecular flexibility index (Phi) is 2.82. The number of Topliss-reactive ketones (excluding diaryl/α,β-unsaturated/α-hetero) is 1. The van der Waals surface area contributed by atoms with E-state index in [1.54, 1.807) is 18.3 Å². The van der Waals surface area contributed by atoms with E-state index in [1.165, 1.54) is 6.42 Å². The highest BCUT2D eigenvalue weighted by atomic mass is 16.1. The van der Waals surface area contributed by atoms with Gasteiger partial charge >= 0.3 is 0 Å². The highest BCUT2D eigenvalue weighted by molar-refractivity contribution is 6.01. The van der Waals surface area contributed by atoms with Crippen molar-refractivity contribution in [2.45, 2.75) is 37.6 Å². The van der Waals surface area contributed by atoms with E-state index in [0.29, 0.717) is 5.69 Å². The maximum atomic E-state index is 12.1. The lowest BCUT2D eigenvalue weighted by molar-refractivity contribution is 0.0842. The SMILES string of the molecule is NC1(C(=O)c2ccccn2)CCCCC1. The van der Waals surface area contributed by atoms with Crippen LogP contribution in [0.15, 0.2) is 24.4 Å². The van der Waals surface area contributed by atoms with Crippen molar-refractivity contribution in [3.05, 3.63) is 30.1 Å². The topological polar surface area (TPSA) is 56.0 Å². The summed E-state index contributed by atoms with van der Waals surface area (Å²) in [5, 5.41) is 0. The molecule has 3 nitrogen and oxygen atoms in total. The normalized spacial score (nSPS) is 19.8. The van der Waals surface area contributed by atoms with Gasteiger partial charge in [0.25, 0.3) is 0 Å². The van der Waals surface area contributed by atoms with Crippen LogP contribution in [0.2, 0.25) is 0 Å². The maximum Gasteiger partial charge on any atom is 0.200 e. The molecule has 1 aliphatic rings. The van der Waals surface area contributed by atoms with E-state index in [1.807, 2.05) is 6.07 Å². The Hall–Kier alpha value is -1.22. The van der Waals surface area contributed by atoms with Crippen LogP contribution in [0, 0.1) is 0 Å². The smallest absolute Gasteiger partial charge is 0.200 e. The molecule has 2 rings (SSSR count). The maximum absolute atomic E-state index is 12.1. The lowest BCUT2D eigenvalue weighted by Gasteiger charge is -2.31. The van der Waals surface area contributed by atoms with Crippen LogP contribution in [0.25, 0.3) is 0 Å². The molecule has 0 unspecified atom stereocenters. The number of pyridine rings is 1. The lowest BCUT2D eigenvalue weighted by Crippen LogP contribution is -2.49. The molecule has 0 bridgehead atoms. The van der Waals surface area contributed by atoms with Gasteiger partial charge in [0.2, 0.25) is 5.78 Å². The molecule has 1 aromatic heterocycles. The van der Waals surface area contributed by atoms with E-state index in [4.69, 9.17) is 5.73 Å². The van der Waals surface area contributed by atoms with Crippen molar-refractivity contribution in [3.8, 4) is 0 Å². The van der Waals surface area contributed by atoms with Crippen molar-refractivity contribution in [1.82, 2.24) is 4.98 Å². The first-order valence-corrected chi connectivity index (χ1v) is 5.47. The number of carbonyl (C=O) groups excluding carboxylic acids is 1. The van der Waals surface area contributed by atoms with E-state index in [9.17, 15) is 4.79 Å². The third-order valence-electron chi connectivity index (χ3n) is 3.10. The first-order valence-electron chi connectivity index (χ1n) is 5.47. The number of aromatic nitrogens is 1. The number of hydrogen-bond donors (Lipinski definition) is 1. The molecule has 0 amide bonds. The fraction of sp³-hybridized carbons (Fsp3) is 0.500. The fourth-order valence-corrected chi connectivity index (χ4v) is 2.16. The Morgan fingerprint density at radius 3 is 2.60 bits per heavy atom. The van der Waals surface area contributed by atoms with Crippen LogP contribution in [0.5, 0.6) is 0 Å².